The van der Waals surface area contributed by atoms with E-state index in [4.69, 9.17) is 0 Å². The lowest BCUT2D eigenvalue weighted by molar-refractivity contribution is -0.130. The Morgan fingerprint density at radius 3 is 2.25 bits per heavy atom. The van der Waals surface area contributed by atoms with Crippen molar-refractivity contribution in [1.82, 2.24) is 15.1 Å². The summed E-state index contributed by atoms with van der Waals surface area (Å²) in [5, 5.41) is 2.66. The van der Waals surface area contributed by atoms with Gasteiger partial charge >= 0.3 is 0 Å². The van der Waals surface area contributed by atoms with Crippen LogP contribution in [0.3, 0.4) is 0 Å². The summed E-state index contributed by atoms with van der Waals surface area (Å²) in [5.74, 6) is -0.526. The van der Waals surface area contributed by atoms with Crippen LogP contribution in [0.15, 0.2) is 53.0 Å². The Morgan fingerprint density at radius 2 is 1.68 bits per heavy atom. The topological polar surface area (TPSA) is 69.7 Å². The van der Waals surface area contributed by atoms with E-state index < -0.39 is 0 Å². The SMILES string of the molecule is CCN(Cc1ccc(C(=O)N(C)C)cc1)C(=O)CNC(=O)c1cccc(Br)c1. The summed E-state index contributed by atoms with van der Waals surface area (Å²) in [7, 11) is 3.41. The van der Waals surface area contributed by atoms with Crippen LogP contribution in [0.5, 0.6) is 0 Å². The molecule has 3 amide bonds. The first-order chi connectivity index (χ1) is 13.3. The fourth-order valence-electron chi connectivity index (χ4n) is 2.61. The van der Waals surface area contributed by atoms with E-state index in [0.29, 0.717) is 24.2 Å². The van der Waals surface area contributed by atoms with Crippen LogP contribution >= 0.6 is 15.9 Å². The van der Waals surface area contributed by atoms with Crippen molar-refractivity contribution in [2.45, 2.75) is 13.5 Å². The maximum atomic E-state index is 12.5. The minimum Gasteiger partial charge on any atom is -0.345 e. The molecule has 0 aliphatic heterocycles. The van der Waals surface area contributed by atoms with E-state index in [9.17, 15) is 14.4 Å². The van der Waals surface area contributed by atoms with Crippen molar-refractivity contribution in [3.05, 3.63) is 69.7 Å². The summed E-state index contributed by atoms with van der Waals surface area (Å²) in [5.41, 5.74) is 2.01. The largest absolute Gasteiger partial charge is 0.345 e. The Hall–Kier alpha value is -2.67. The summed E-state index contributed by atoms with van der Waals surface area (Å²) >= 11 is 3.32. The van der Waals surface area contributed by atoms with Crippen molar-refractivity contribution in [1.29, 1.82) is 0 Å². The fourth-order valence-corrected chi connectivity index (χ4v) is 3.01. The number of carbonyl (C=O) groups is 3. The average Bonchev–Trinajstić information content (AvgIpc) is 2.69. The minimum absolute atomic E-state index is 0.0646. The molecule has 2 aromatic rings. The fraction of sp³-hybridized carbons (Fsp3) is 0.286. The Kier molecular flexibility index (Phi) is 7.75. The number of nitrogens with zero attached hydrogens (tertiary/aromatic N) is 2. The molecule has 0 spiro atoms. The third-order valence-corrected chi connectivity index (χ3v) is 4.70. The van der Waals surface area contributed by atoms with Crippen molar-refractivity contribution in [3.63, 3.8) is 0 Å². The lowest BCUT2D eigenvalue weighted by Gasteiger charge is -2.21. The molecule has 0 fully saturated rings. The summed E-state index contributed by atoms with van der Waals surface area (Å²) < 4.78 is 0.804. The van der Waals surface area contributed by atoms with Crippen LogP contribution in [-0.2, 0) is 11.3 Å². The van der Waals surface area contributed by atoms with Crippen LogP contribution in [0.4, 0.5) is 0 Å². The van der Waals surface area contributed by atoms with Gasteiger partial charge in [-0.1, -0.05) is 34.1 Å². The molecule has 148 valence electrons. The van der Waals surface area contributed by atoms with Gasteiger partial charge in [-0.25, -0.2) is 0 Å². The third kappa shape index (κ3) is 5.92. The van der Waals surface area contributed by atoms with Gasteiger partial charge < -0.3 is 15.1 Å². The van der Waals surface area contributed by atoms with E-state index in [1.165, 1.54) is 4.90 Å². The Balaban J connectivity index is 1.94. The van der Waals surface area contributed by atoms with Gasteiger partial charge in [-0.3, -0.25) is 14.4 Å². The standard InChI is InChI=1S/C21H24BrN3O3/c1-4-25(14-15-8-10-16(11-9-15)21(28)24(2)3)19(26)13-23-20(27)17-6-5-7-18(22)12-17/h5-12H,4,13-14H2,1-3H3,(H,23,27). The van der Waals surface area contributed by atoms with E-state index in [-0.39, 0.29) is 24.3 Å². The molecule has 0 saturated carbocycles. The Labute approximate surface area is 173 Å². The molecule has 0 aromatic heterocycles. The Morgan fingerprint density at radius 1 is 1.00 bits per heavy atom. The molecule has 0 radical (unpaired) electrons. The normalized spacial score (nSPS) is 10.3. The summed E-state index contributed by atoms with van der Waals surface area (Å²) in [4.78, 5) is 39.8. The summed E-state index contributed by atoms with van der Waals surface area (Å²) in [6, 6.07) is 14.2. The second-order valence-electron chi connectivity index (χ2n) is 6.50. The molecule has 6 nitrogen and oxygen atoms in total. The monoisotopic (exact) mass is 445 g/mol. The van der Waals surface area contributed by atoms with E-state index >= 15 is 0 Å². The molecule has 2 aromatic carbocycles. The van der Waals surface area contributed by atoms with Crippen LogP contribution < -0.4 is 5.32 Å². The predicted molar refractivity (Wildman–Crippen MR) is 112 cm³/mol. The zero-order valence-electron chi connectivity index (χ0n) is 16.2. The number of hydrogen-bond donors (Lipinski definition) is 1. The predicted octanol–water partition coefficient (Wildman–Crippen LogP) is 2.93. The van der Waals surface area contributed by atoms with Gasteiger partial charge in [0.2, 0.25) is 5.91 Å². The van der Waals surface area contributed by atoms with Crippen LogP contribution in [-0.4, -0.2) is 54.7 Å². The highest BCUT2D eigenvalue weighted by Crippen LogP contribution is 2.12. The number of nitrogens with one attached hydrogen (secondary N) is 1. The second kappa shape index (κ2) is 10.0. The molecule has 0 unspecified atom stereocenters. The number of amides is 3. The number of carbonyl (C=O) groups excluding carboxylic acids is 3. The smallest absolute Gasteiger partial charge is 0.253 e. The highest BCUT2D eigenvalue weighted by Gasteiger charge is 2.15. The van der Waals surface area contributed by atoms with Crippen molar-refractivity contribution in [2.24, 2.45) is 0 Å². The first-order valence-corrected chi connectivity index (χ1v) is 9.73. The van der Waals surface area contributed by atoms with Gasteiger partial charge in [0.25, 0.3) is 11.8 Å². The molecule has 1 N–H and O–H groups in total. The molecule has 0 heterocycles. The molecule has 0 atom stereocenters. The van der Waals surface area contributed by atoms with Crippen molar-refractivity contribution in [3.8, 4) is 0 Å². The molecular formula is C21H24BrN3O3. The second-order valence-corrected chi connectivity index (χ2v) is 7.41. The number of halogens is 1. The number of rotatable bonds is 7. The van der Waals surface area contributed by atoms with E-state index in [1.807, 2.05) is 25.1 Å². The van der Waals surface area contributed by atoms with Gasteiger partial charge in [0.05, 0.1) is 6.54 Å². The molecular weight excluding hydrogens is 422 g/mol. The van der Waals surface area contributed by atoms with E-state index in [0.717, 1.165) is 10.0 Å². The van der Waals surface area contributed by atoms with Gasteiger partial charge in [-0.2, -0.15) is 0 Å². The van der Waals surface area contributed by atoms with E-state index in [1.54, 1.807) is 49.3 Å². The number of likely N-dealkylation sites (N-methyl/N-ethyl adjacent to an activating group) is 1. The van der Waals surface area contributed by atoms with Crippen LogP contribution in [0.1, 0.15) is 33.2 Å². The van der Waals surface area contributed by atoms with Gasteiger partial charge in [0.1, 0.15) is 0 Å². The van der Waals surface area contributed by atoms with Crippen LogP contribution in [0.2, 0.25) is 0 Å². The quantitative estimate of drug-likeness (QED) is 0.711. The molecule has 0 aliphatic rings. The zero-order chi connectivity index (χ0) is 20.7. The molecule has 7 heteroatoms. The highest BCUT2D eigenvalue weighted by atomic mass is 79.9. The highest BCUT2D eigenvalue weighted by molar-refractivity contribution is 9.10. The molecule has 0 saturated heterocycles. The number of hydrogen-bond acceptors (Lipinski definition) is 3. The first-order valence-electron chi connectivity index (χ1n) is 8.94. The zero-order valence-corrected chi connectivity index (χ0v) is 17.8. The molecule has 0 bridgehead atoms. The van der Waals surface area contributed by atoms with Gasteiger partial charge in [-0.15, -0.1) is 0 Å². The first kappa shape index (κ1) is 21.6. The molecule has 0 aliphatic carbocycles. The Bertz CT molecular complexity index is 850. The lowest BCUT2D eigenvalue weighted by atomic mass is 10.1. The van der Waals surface area contributed by atoms with E-state index in [2.05, 4.69) is 21.2 Å². The maximum absolute atomic E-state index is 12.5. The van der Waals surface area contributed by atoms with Crippen molar-refractivity contribution < 1.29 is 14.4 Å². The van der Waals surface area contributed by atoms with Gasteiger partial charge in [-0.05, 0) is 42.8 Å². The van der Waals surface area contributed by atoms with Crippen LogP contribution in [0.25, 0.3) is 0 Å². The molecule has 2 rings (SSSR count). The minimum atomic E-state index is -0.294. The number of benzene rings is 2. The summed E-state index contributed by atoms with van der Waals surface area (Å²) in [6.07, 6.45) is 0. The molecule has 28 heavy (non-hydrogen) atoms. The van der Waals surface area contributed by atoms with Crippen molar-refractivity contribution in [2.75, 3.05) is 27.2 Å². The third-order valence-electron chi connectivity index (χ3n) is 4.20. The maximum Gasteiger partial charge on any atom is 0.253 e. The average molecular weight is 446 g/mol. The van der Waals surface area contributed by atoms with Gasteiger partial charge in [0, 0.05) is 42.8 Å². The lowest BCUT2D eigenvalue weighted by Crippen LogP contribution is -2.39. The summed E-state index contributed by atoms with van der Waals surface area (Å²) in [6.45, 7) is 2.75. The van der Waals surface area contributed by atoms with Crippen molar-refractivity contribution >= 4 is 33.7 Å². The van der Waals surface area contributed by atoms with Crippen LogP contribution in [0, 0.1) is 0 Å². The van der Waals surface area contributed by atoms with Gasteiger partial charge in [0.15, 0.2) is 0 Å².